The first kappa shape index (κ1) is 88.2. The molecule has 2 aromatic rings. The Hall–Kier alpha value is -6.16. The molecule has 0 spiro atoms. The molecule has 6 fully saturated rings. The third-order valence-electron chi connectivity index (χ3n) is 15.9. The maximum Gasteiger partial charge on any atom is 0.494 e. The quantitative estimate of drug-likeness (QED) is 0.0864. The van der Waals surface area contributed by atoms with Gasteiger partial charge in [0.15, 0.2) is 0 Å². The first-order valence-electron chi connectivity index (χ1n) is 33.9. The molecule has 6 aliphatic heterocycles. The number of alkyl halides is 5. The van der Waals surface area contributed by atoms with Gasteiger partial charge in [0.05, 0.1) is 87.6 Å². The molecular formula is C69H108BBrF5N5O20S. The van der Waals surface area contributed by atoms with Crippen LogP contribution in [0.2, 0.25) is 0 Å². The van der Waals surface area contributed by atoms with Crippen molar-refractivity contribution in [3.05, 3.63) is 53.0 Å². The van der Waals surface area contributed by atoms with Crippen LogP contribution < -0.4 is 14.9 Å². The Morgan fingerprint density at radius 2 is 0.755 bits per heavy atom. The van der Waals surface area contributed by atoms with Gasteiger partial charge in [-0.1, -0.05) is 28.1 Å². The molecule has 6 aliphatic rings. The van der Waals surface area contributed by atoms with Crippen molar-refractivity contribution in [2.45, 2.75) is 264 Å². The van der Waals surface area contributed by atoms with Crippen LogP contribution in [0.25, 0.3) is 0 Å². The Balaban J connectivity index is 0.000000277. The van der Waals surface area contributed by atoms with E-state index in [1.54, 1.807) is 104 Å². The SMILES string of the molecule is CC(C)(C)OC(=O)N1C[C@@H](F)C[C@H]1C(=O)O.CC(C)(C)OC(=O)N1C[C@@H](F)C[C@H]1CO.CC(C)(C)OC(=O)N1C[C@@H](F)C[C@H]1COS(C)(=O)=O.CC(C)(C)OC(=O)N1C[C@@H](F)C[C@H]1COc1ccc(B2OC(C)(C)C(C)(C)O2)cc1.CC(C)(C)OC(=O)N1C[C@@H](F)C[C@H]1COc1ccc(Br)cc1. The molecule has 6 heterocycles. The minimum absolute atomic E-state index is 0.0140. The van der Waals surface area contributed by atoms with Crippen molar-refractivity contribution in [3.8, 4) is 11.5 Å². The highest BCUT2D eigenvalue weighted by Crippen LogP contribution is 2.37. The number of carboxylic acids is 1. The van der Waals surface area contributed by atoms with Crippen LogP contribution in [0.3, 0.4) is 0 Å². The largest absolute Gasteiger partial charge is 0.494 e. The molecule has 102 heavy (non-hydrogen) atoms. The second-order valence-corrected chi connectivity index (χ2v) is 34.3. The third-order valence-corrected chi connectivity index (χ3v) is 17.0. The third kappa shape index (κ3) is 30.1. The maximum atomic E-state index is 14.0. The van der Waals surface area contributed by atoms with Gasteiger partial charge in [0.1, 0.15) is 89.6 Å². The summed E-state index contributed by atoms with van der Waals surface area (Å²) in [4.78, 5) is 76.6. The minimum Gasteiger partial charge on any atom is -0.491 e. The number of aliphatic carboxylic acids is 1. The number of halogens is 6. The van der Waals surface area contributed by atoms with Crippen LogP contribution in [0.1, 0.15) is 164 Å². The number of carbonyl (C=O) groups is 6. The summed E-state index contributed by atoms with van der Waals surface area (Å²) >= 11 is 3.35. The maximum absolute atomic E-state index is 14.0. The molecule has 33 heteroatoms. The van der Waals surface area contributed by atoms with E-state index in [4.69, 9.17) is 52.7 Å². The molecule has 0 unspecified atom stereocenters. The lowest BCUT2D eigenvalue weighted by Crippen LogP contribution is -2.43. The molecule has 2 aromatic carbocycles. The molecule has 0 aromatic heterocycles. The van der Waals surface area contributed by atoms with Gasteiger partial charge in [-0.25, -0.2) is 50.7 Å². The summed E-state index contributed by atoms with van der Waals surface area (Å²) in [5.74, 6) is 0.127. The summed E-state index contributed by atoms with van der Waals surface area (Å²) in [7, 11) is -4.05. The number of likely N-dealkylation sites (tertiary alicyclic amines) is 5. The number of nitrogens with zero attached hydrogens (tertiary/aromatic N) is 5. The smallest absolute Gasteiger partial charge is 0.491 e. The van der Waals surface area contributed by atoms with Gasteiger partial charge in [-0.15, -0.1) is 0 Å². The van der Waals surface area contributed by atoms with E-state index in [-0.39, 0.29) is 103 Å². The average molecular weight is 1550 g/mol. The van der Waals surface area contributed by atoms with Gasteiger partial charge in [0, 0.05) is 36.6 Å². The lowest BCUT2D eigenvalue weighted by Gasteiger charge is -2.32. The number of aliphatic hydroxyl groups is 1. The Morgan fingerprint density at radius 3 is 1.06 bits per heavy atom. The van der Waals surface area contributed by atoms with E-state index in [1.165, 1.54) is 19.6 Å². The van der Waals surface area contributed by atoms with E-state index < -0.39 is 142 Å². The molecule has 6 saturated heterocycles. The normalized spacial score (nSPS) is 24.7. The van der Waals surface area contributed by atoms with Crippen LogP contribution in [0.15, 0.2) is 53.0 Å². The van der Waals surface area contributed by atoms with Gasteiger partial charge < -0.3 is 52.7 Å². The fourth-order valence-electron chi connectivity index (χ4n) is 10.6. The van der Waals surface area contributed by atoms with E-state index in [2.05, 4.69) is 20.1 Å². The fourth-order valence-corrected chi connectivity index (χ4v) is 11.3. The predicted octanol–water partition coefficient (Wildman–Crippen LogP) is 11.9. The number of ether oxygens (including phenoxy) is 7. The molecule has 10 atom stereocenters. The van der Waals surface area contributed by atoms with Crippen molar-refractivity contribution in [2.75, 3.05) is 65.4 Å². The molecule has 0 aliphatic carbocycles. The lowest BCUT2D eigenvalue weighted by atomic mass is 9.79. The molecular weight excluding hydrogens is 1440 g/mol. The van der Waals surface area contributed by atoms with Gasteiger partial charge in [-0.3, -0.25) is 28.7 Å². The van der Waals surface area contributed by atoms with Crippen LogP contribution in [-0.2, 0) is 52.1 Å². The second kappa shape index (κ2) is 36.2. The van der Waals surface area contributed by atoms with E-state index in [0.29, 0.717) is 11.5 Å². The average Bonchev–Trinajstić information content (AvgIpc) is 1.63. The molecule has 5 amide bonds. The first-order valence-corrected chi connectivity index (χ1v) is 36.5. The number of benzene rings is 2. The van der Waals surface area contributed by atoms with Crippen molar-refractivity contribution in [1.29, 1.82) is 0 Å². The fraction of sp³-hybridized carbons (Fsp3) is 0.739. The van der Waals surface area contributed by atoms with Gasteiger partial charge in [-0.2, -0.15) is 8.42 Å². The Morgan fingerprint density at radius 1 is 0.480 bits per heavy atom. The van der Waals surface area contributed by atoms with E-state index in [9.17, 15) is 59.1 Å². The topological polar surface area (TPSA) is 286 Å². The first-order chi connectivity index (χ1) is 46.5. The molecule has 0 bridgehead atoms. The predicted molar refractivity (Wildman–Crippen MR) is 374 cm³/mol. The van der Waals surface area contributed by atoms with Crippen LogP contribution in [0.4, 0.5) is 45.9 Å². The van der Waals surface area contributed by atoms with Crippen LogP contribution >= 0.6 is 15.9 Å². The monoisotopic (exact) mass is 1540 g/mol. The van der Waals surface area contributed by atoms with Crippen LogP contribution in [0.5, 0.6) is 11.5 Å². The van der Waals surface area contributed by atoms with Crippen LogP contribution in [0, 0.1) is 0 Å². The second-order valence-electron chi connectivity index (χ2n) is 31.7. The highest BCUT2D eigenvalue weighted by molar-refractivity contribution is 9.10. The zero-order valence-electron chi connectivity index (χ0n) is 62.5. The number of aliphatic hydroxyl groups excluding tert-OH is 1. The Bertz CT molecular complexity index is 3170. The lowest BCUT2D eigenvalue weighted by molar-refractivity contribution is -0.142. The molecule has 0 saturated carbocycles. The van der Waals surface area contributed by atoms with Crippen molar-refractivity contribution < 1.29 is 116 Å². The van der Waals surface area contributed by atoms with Gasteiger partial charge >= 0.3 is 43.6 Å². The summed E-state index contributed by atoms with van der Waals surface area (Å²) in [5.41, 5.74) is -3.11. The molecule has 25 nitrogen and oxygen atoms in total. The number of carbonyl (C=O) groups excluding carboxylic acids is 5. The Labute approximate surface area is 606 Å². The summed E-state index contributed by atoms with van der Waals surface area (Å²) in [6.07, 6.45) is -7.15. The van der Waals surface area contributed by atoms with Crippen molar-refractivity contribution >= 4 is 75.1 Å². The Kier molecular flexibility index (Phi) is 31.3. The summed E-state index contributed by atoms with van der Waals surface area (Å²) < 4.78 is 144. The number of amides is 5. The van der Waals surface area contributed by atoms with Crippen molar-refractivity contribution in [2.24, 2.45) is 0 Å². The number of hydrogen-bond donors (Lipinski definition) is 2. The van der Waals surface area contributed by atoms with E-state index in [1.807, 2.05) is 76.2 Å². The van der Waals surface area contributed by atoms with Gasteiger partial charge in [-0.05, 0) is 173 Å². The highest BCUT2D eigenvalue weighted by Gasteiger charge is 2.52. The summed E-state index contributed by atoms with van der Waals surface area (Å²) in [5, 5.41) is 17.8. The zero-order chi connectivity index (χ0) is 77.6. The molecule has 0 radical (unpaired) electrons. The van der Waals surface area contributed by atoms with Crippen molar-refractivity contribution in [1.82, 2.24) is 24.5 Å². The zero-order valence-corrected chi connectivity index (χ0v) is 64.9. The van der Waals surface area contributed by atoms with Crippen LogP contribution in [-0.4, -0.2) is 252 Å². The molecule has 8 rings (SSSR count). The summed E-state index contributed by atoms with van der Waals surface area (Å²) in [6, 6.07) is 12.0. The standard InChI is InChI=1S/C22H33BFNO5.C16H21BrFNO3.C11H20FNO5S.C10H16FNO4.C10H18FNO3/c1-20(2,3)28-19(26)25-13-16(24)12-17(25)14-27-18-10-8-15(9-11-18)23-29-21(4,5)22(6,7)30-23;1-16(2,3)22-15(20)19-9-12(18)8-13(19)10-21-14-6-4-11(17)5-7-14;1-11(2,3)18-10(14)13-6-8(12)5-9(13)7-17-19(4,15)16;1-10(2,3)16-9(15)12-5-6(11)4-7(12)8(13)14;1-10(2,3)15-9(14)12-5-7(11)4-8(12)6-13/h8-11,16-17H,12-14H2,1-7H3;4-7,12-13H,8-10H2,1-3H3;8-9H,5-7H2,1-4H3;6-7H,4-5H2,1-3H3,(H,13,14);7-8,13H,4-6H2,1-3H3/t16-,17-;12-,13-;8-,9-;6-,7-;7-,8-/m00000/s1. The summed E-state index contributed by atoms with van der Waals surface area (Å²) in [6.45, 7) is 34.0. The van der Waals surface area contributed by atoms with Crippen molar-refractivity contribution in [3.63, 3.8) is 0 Å². The van der Waals surface area contributed by atoms with Gasteiger partial charge in [0.2, 0.25) is 0 Å². The molecule has 2 N–H and O–H groups in total. The minimum atomic E-state index is -3.61. The van der Waals surface area contributed by atoms with E-state index >= 15 is 0 Å². The molecule has 580 valence electrons. The number of carboxylic acid groups (broad SMARTS) is 1. The number of hydrogen-bond acceptors (Lipinski definition) is 19. The van der Waals surface area contributed by atoms with Gasteiger partial charge in [0.25, 0.3) is 10.1 Å². The van der Waals surface area contributed by atoms with E-state index in [0.717, 1.165) is 21.1 Å². The highest BCUT2D eigenvalue weighted by atomic mass is 79.9. The number of rotatable bonds is 12.